The molecule has 5 rings (SSSR count). The van der Waals surface area contributed by atoms with Crippen LogP contribution in [0.5, 0.6) is 0 Å². The smallest absolute Gasteiger partial charge is 0.234 e. The van der Waals surface area contributed by atoms with Crippen LogP contribution in [0.15, 0.2) is 91.4 Å². The van der Waals surface area contributed by atoms with Crippen molar-refractivity contribution in [3.05, 3.63) is 108 Å². The lowest BCUT2D eigenvalue weighted by Crippen LogP contribution is -2.50. The number of carbonyl (C=O) groups excluding carboxylic acids is 1. The molecular formula is C28H28N6O. The molecule has 176 valence electrons. The first-order valence-electron chi connectivity index (χ1n) is 11.8. The number of aryl methyl sites for hydroxylation is 1. The molecule has 1 aliphatic heterocycles. The molecule has 7 heteroatoms. The number of nitrogens with zero attached hydrogens (tertiary/aromatic N) is 5. The molecule has 0 saturated carbocycles. The third-order valence-electron chi connectivity index (χ3n) is 6.25. The van der Waals surface area contributed by atoms with Gasteiger partial charge in [0.05, 0.1) is 5.92 Å². The summed E-state index contributed by atoms with van der Waals surface area (Å²) in [5.41, 5.74) is 3.16. The van der Waals surface area contributed by atoms with Crippen LogP contribution in [0.25, 0.3) is 0 Å². The van der Waals surface area contributed by atoms with Gasteiger partial charge in [0.25, 0.3) is 0 Å². The minimum Gasteiger partial charge on any atom is -0.353 e. The summed E-state index contributed by atoms with van der Waals surface area (Å²) in [6.07, 6.45) is 3.33. The normalized spacial score (nSPS) is 13.7. The molecule has 0 unspecified atom stereocenters. The van der Waals surface area contributed by atoms with Gasteiger partial charge in [-0.05, 0) is 35.7 Å². The van der Waals surface area contributed by atoms with Gasteiger partial charge in [-0.25, -0.2) is 15.0 Å². The summed E-state index contributed by atoms with van der Waals surface area (Å²) in [6, 6.07) is 25.9. The van der Waals surface area contributed by atoms with Crippen molar-refractivity contribution in [1.82, 2.24) is 19.9 Å². The third kappa shape index (κ3) is 5.30. The van der Waals surface area contributed by atoms with E-state index >= 15 is 0 Å². The number of aromatic nitrogens is 3. The van der Waals surface area contributed by atoms with E-state index in [9.17, 15) is 4.79 Å². The lowest BCUT2D eigenvalue weighted by atomic mass is 9.90. The van der Waals surface area contributed by atoms with E-state index in [1.807, 2.05) is 90.7 Å². The number of hydrogen-bond donors (Lipinski definition) is 1. The predicted molar refractivity (Wildman–Crippen MR) is 138 cm³/mol. The number of carbonyl (C=O) groups is 1. The molecule has 2 aromatic carbocycles. The SMILES string of the molecule is Cc1ccnc(Nc2cc(N3CCN(C(=O)C(c4ccccc4)c4ccccc4)CC3)ncn2)c1. The van der Waals surface area contributed by atoms with Crippen LogP contribution < -0.4 is 10.2 Å². The van der Waals surface area contributed by atoms with Gasteiger partial charge < -0.3 is 15.1 Å². The average molecular weight is 465 g/mol. The van der Waals surface area contributed by atoms with Crippen molar-refractivity contribution in [3.63, 3.8) is 0 Å². The number of amides is 1. The lowest BCUT2D eigenvalue weighted by Gasteiger charge is -2.37. The molecule has 3 heterocycles. The van der Waals surface area contributed by atoms with Crippen molar-refractivity contribution in [2.24, 2.45) is 0 Å². The van der Waals surface area contributed by atoms with E-state index in [1.165, 1.54) is 0 Å². The maximum atomic E-state index is 13.7. The molecule has 0 bridgehead atoms. The van der Waals surface area contributed by atoms with Gasteiger partial charge in [-0.2, -0.15) is 0 Å². The maximum Gasteiger partial charge on any atom is 0.234 e. The van der Waals surface area contributed by atoms with E-state index < -0.39 is 0 Å². The van der Waals surface area contributed by atoms with Gasteiger partial charge in [0, 0.05) is 38.4 Å². The molecule has 1 N–H and O–H groups in total. The predicted octanol–water partition coefficient (Wildman–Crippen LogP) is 4.40. The molecule has 7 nitrogen and oxygen atoms in total. The highest BCUT2D eigenvalue weighted by Gasteiger charge is 2.30. The molecule has 4 aromatic rings. The molecule has 1 saturated heterocycles. The molecule has 0 atom stereocenters. The Morgan fingerprint density at radius 3 is 2.06 bits per heavy atom. The van der Waals surface area contributed by atoms with Gasteiger partial charge in [-0.15, -0.1) is 0 Å². The summed E-state index contributed by atoms with van der Waals surface area (Å²) in [4.78, 5) is 31.0. The molecule has 2 aromatic heterocycles. The van der Waals surface area contributed by atoms with Crippen molar-refractivity contribution in [3.8, 4) is 0 Å². The number of anilines is 3. The first kappa shape index (κ1) is 22.5. The quantitative estimate of drug-likeness (QED) is 0.456. The number of pyridine rings is 1. The van der Waals surface area contributed by atoms with Crippen LogP contribution >= 0.6 is 0 Å². The fraction of sp³-hybridized carbons (Fsp3) is 0.214. The molecular weight excluding hydrogens is 436 g/mol. The Kier molecular flexibility index (Phi) is 6.66. The summed E-state index contributed by atoms with van der Waals surface area (Å²) in [5, 5.41) is 3.25. The number of piperazine rings is 1. The van der Waals surface area contributed by atoms with Crippen LogP contribution in [0.3, 0.4) is 0 Å². The van der Waals surface area contributed by atoms with Gasteiger partial charge in [0.2, 0.25) is 5.91 Å². The molecule has 0 radical (unpaired) electrons. The highest BCUT2D eigenvalue weighted by molar-refractivity contribution is 5.87. The van der Waals surface area contributed by atoms with Gasteiger partial charge in [0.1, 0.15) is 23.8 Å². The fourth-order valence-electron chi connectivity index (χ4n) is 4.43. The topological polar surface area (TPSA) is 74.2 Å². The second kappa shape index (κ2) is 10.3. The van der Waals surface area contributed by atoms with E-state index in [1.54, 1.807) is 12.5 Å². The summed E-state index contributed by atoms with van der Waals surface area (Å²) < 4.78 is 0. The summed E-state index contributed by atoms with van der Waals surface area (Å²) >= 11 is 0. The number of rotatable bonds is 6. The zero-order valence-corrected chi connectivity index (χ0v) is 19.7. The molecule has 0 aliphatic carbocycles. The monoisotopic (exact) mass is 464 g/mol. The van der Waals surface area contributed by atoms with Gasteiger partial charge in [-0.1, -0.05) is 60.7 Å². The largest absolute Gasteiger partial charge is 0.353 e. The van der Waals surface area contributed by atoms with Crippen molar-refractivity contribution in [1.29, 1.82) is 0 Å². The van der Waals surface area contributed by atoms with E-state index in [4.69, 9.17) is 0 Å². The minimum atomic E-state index is -0.305. The zero-order chi connectivity index (χ0) is 24.0. The Morgan fingerprint density at radius 2 is 1.43 bits per heavy atom. The number of benzene rings is 2. The number of nitrogens with one attached hydrogen (secondary N) is 1. The van der Waals surface area contributed by atoms with Crippen LogP contribution in [0.1, 0.15) is 22.6 Å². The molecule has 0 spiro atoms. The summed E-state index contributed by atoms with van der Waals surface area (Å²) in [5.74, 6) is 2.11. The van der Waals surface area contributed by atoms with E-state index in [0.29, 0.717) is 32.0 Å². The van der Waals surface area contributed by atoms with Crippen LogP contribution in [0.2, 0.25) is 0 Å². The van der Waals surface area contributed by atoms with Crippen molar-refractivity contribution in [2.75, 3.05) is 36.4 Å². The Bertz CT molecular complexity index is 1230. The van der Waals surface area contributed by atoms with E-state index in [-0.39, 0.29) is 11.8 Å². The first-order valence-corrected chi connectivity index (χ1v) is 11.8. The standard InChI is InChI=1S/C28H28N6O/c1-21-12-13-29-24(18-21)32-25-19-26(31-20-30-25)33-14-16-34(17-15-33)28(35)27(22-8-4-2-5-9-22)23-10-6-3-7-11-23/h2-13,18-20,27H,14-17H2,1H3,(H,29,30,31,32). The third-order valence-corrected chi connectivity index (χ3v) is 6.25. The van der Waals surface area contributed by atoms with Crippen molar-refractivity contribution >= 4 is 23.4 Å². The minimum absolute atomic E-state index is 0.137. The van der Waals surface area contributed by atoms with E-state index in [0.717, 1.165) is 28.3 Å². The lowest BCUT2D eigenvalue weighted by molar-refractivity contribution is -0.132. The van der Waals surface area contributed by atoms with Crippen LogP contribution in [0, 0.1) is 6.92 Å². The Labute approximate surface area is 205 Å². The molecule has 1 amide bonds. The maximum absolute atomic E-state index is 13.7. The second-order valence-electron chi connectivity index (χ2n) is 8.67. The Balaban J connectivity index is 1.28. The Hall–Kier alpha value is -4.26. The fourth-order valence-corrected chi connectivity index (χ4v) is 4.43. The first-order chi connectivity index (χ1) is 17.2. The van der Waals surface area contributed by atoms with Crippen LogP contribution in [-0.4, -0.2) is 51.9 Å². The highest BCUT2D eigenvalue weighted by Crippen LogP contribution is 2.28. The Morgan fingerprint density at radius 1 is 0.800 bits per heavy atom. The molecule has 1 aliphatic rings. The van der Waals surface area contributed by atoms with Crippen LogP contribution in [0.4, 0.5) is 17.5 Å². The molecule has 35 heavy (non-hydrogen) atoms. The van der Waals surface area contributed by atoms with Gasteiger partial charge in [-0.3, -0.25) is 4.79 Å². The zero-order valence-electron chi connectivity index (χ0n) is 19.7. The van der Waals surface area contributed by atoms with E-state index in [2.05, 4.69) is 25.2 Å². The average Bonchev–Trinajstić information content (AvgIpc) is 2.90. The number of hydrogen-bond acceptors (Lipinski definition) is 6. The van der Waals surface area contributed by atoms with Gasteiger partial charge >= 0.3 is 0 Å². The van der Waals surface area contributed by atoms with Gasteiger partial charge in [0.15, 0.2) is 0 Å². The summed E-state index contributed by atoms with van der Waals surface area (Å²) in [7, 11) is 0. The molecule has 1 fully saturated rings. The summed E-state index contributed by atoms with van der Waals surface area (Å²) in [6.45, 7) is 4.73. The van der Waals surface area contributed by atoms with Crippen molar-refractivity contribution < 1.29 is 4.79 Å². The highest BCUT2D eigenvalue weighted by atomic mass is 16.2. The van der Waals surface area contributed by atoms with Crippen molar-refractivity contribution in [2.45, 2.75) is 12.8 Å². The van der Waals surface area contributed by atoms with Crippen LogP contribution in [-0.2, 0) is 4.79 Å². The second-order valence-corrected chi connectivity index (χ2v) is 8.67.